The number of urea groups is 1. The van der Waals surface area contributed by atoms with Crippen LogP contribution < -0.4 is 21.7 Å². The smallest absolute Gasteiger partial charge is 0.315 e. The Morgan fingerprint density at radius 3 is 2.40 bits per heavy atom. The first-order valence-corrected chi connectivity index (χ1v) is 14.9. The fourth-order valence-corrected chi connectivity index (χ4v) is 5.94. The molecular formula is C30H44N6O6. The number of nitrogens with two attached hydrogens (primary N) is 1. The Bertz CT molecular complexity index is 1200. The van der Waals surface area contributed by atoms with Gasteiger partial charge in [-0.2, -0.15) is 0 Å². The van der Waals surface area contributed by atoms with Gasteiger partial charge < -0.3 is 31.5 Å². The predicted molar refractivity (Wildman–Crippen MR) is 155 cm³/mol. The van der Waals surface area contributed by atoms with Gasteiger partial charge in [0.15, 0.2) is 0 Å². The molecule has 230 valence electrons. The van der Waals surface area contributed by atoms with Crippen molar-refractivity contribution in [1.82, 2.24) is 25.8 Å². The average Bonchev–Trinajstić information content (AvgIpc) is 3.49. The van der Waals surface area contributed by atoms with E-state index in [2.05, 4.69) is 28.1 Å². The van der Waals surface area contributed by atoms with E-state index in [0.717, 1.165) is 31.3 Å². The van der Waals surface area contributed by atoms with Gasteiger partial charge in [0.1, 0.15) is 12.1 Å². The Balaban J connectivity index is 1.37. The highest BCUT2D eigenvalue weighted by Gasteiger charge is 2.45. The number of hydrogen-bond donors (Lipinski definition) is 4. The van der Waals surface area contributed by atoms with Crippen molar-refractivity contribution in [2.24, 2.45) is 23.0 Å². The predicted octanol–water partition coefficient (Wildman–Crippen LogP) is 0.765. The molecule has 0 aromatic carbocycles. The molecule has 2 aliphatic carbocycles. The fourth-order valence-electron chi connectivity index (χ4n) is 5.94. The molecule has 2 aliphatic heterocycles. The first-order valence-electron chi connectivity index (χ1n) is 14.9. The summed E-state index contributed by atoms with van der Waals surface area (Å²) in [7, 11) is 0. The van der Waals surface area contributed by atoms with Crippen LogP contribution in [0.2, 0.25) is 0 Å². The molecule has 12 nitrogen and oxygen atoms in total. The van der Waals surface area contributed by atoms with Crippen molar-refractivity contribution in [3.05, 3.63) is 23.3 Å². The Hall–Kier alpha value is -3.70. The number of rotatable bonds is 10. The molecule has 0 radical (unpaired) electrons. The molecule has 12 heteroatoms. The number of amides is 6. The molecule has 0 bridgehead atoms. The molecule has 0 spiro atoms. The van der Waals surface area contributed by atoms with Crippen LogP contribution in [0, 0.1) is 17.3 Å². The number of allylic oxidation sites excluding steroid dienone is 1. The first-order chi connectivity index (χ1) is 19.7. The minimum absolute atomic E-state index is 0.000213. The lowest BCUT2D eigenvalue weighted by atomic mass is 9.85. The van der Waals surface area contributed by atoms with Crippen LogP contribution in [0.1, 0.15) is 66.2 Å². The zero-order valence-corrected chi connectivity index (χ0v) is 25.0. The van der Waals surface area contributed by atoms with Gasteiger partial charge in [0.25, 0.3) is 5.91 Å². The third kappa shape index (κ3) is 7.57. The summed E-state index contributed by atoms with van der Waals surface area (Å²) in [6.45, 7) is 8.52. The van der Waals surface area contributed by atoms with E-state index < -0.39 is 53.1 Å². The maximum absolute atomic E-state index is 13.9. The molecule has 1 saturated carbocycles. The van der Waals surface area contributed by atoms with Crippen LogP contribution in [0.5, 0.6) is 0 Å². The van der Waals surface area contributed by atoms with Crippen molar-refractivity contribution in [2.75, 3.05) is 26.2 Å². The second-order valence-electron chi connectivity index (χ2n) is 13.3. The van der Waals surface area contributed by atoms with E-state index in [-0.39, 0.29) is 24.3 Å². The van der Waals surface area contributed by atoms with E-state index in [1.165, 1.54) is 10.5 Å². The topological polar surface area (TPSA) is 171 Å². The standard InChI is InChI=1S/C30H44N6O6/c1-17-11-22(27(40)33-21(12-18-9-10-18)24(38)26(31)39)36(14-17)28(41)25(30(2,3)4)34-29(42)32-13-23(37)35-15-19-7-5-6-8-20(19)16-35/h5,7,17-18,21-22,25H,6,8-16H2,1-4H3,(H2,31,39)(H,33,40)(H2,32,34,42)/t17-,21?,22+,25?/m1/s1. The number of likely N-dealkylation sites (tertiary alicyclic amines) is 1. The molecule has 5 N–H and O–H groups in total. The normalized spacial score (nSPS) is 23.2. The quantitative estimate of drug-likeness (QED) is 0.276. The lowest BCUT2D eigenvalue weighted by molar-refractivity contribution is -0.143. The Morgan fingerprint density at radius 1 is 1.07 bits per heavy atom. The van der Waals surface area contributed by atoms with E-state index in [1.54, 1.807) is 25.7 Å². The zero-order chi connectivity index (χ0) is 30.8. The van der Waals surface area contributed by atoms with Gasteiger partial charge in [-0.3, -0.25) is 24.0 Å². The van der Waals surface area contributed by atoms with Gasteiger partial charge >= 0.3 is 6.03 Å². The summed E-state index contributed by atoms with van der Waals surface area (Å²) in [5.74, 6) is -2.86. The van der Waals surface area contributed by atoms with Crippen LogP contribution in [0.15, 0.2) is 23.3 Å². The van der Waals surface area contributed by atoms with Crippen molar-refractivity contribution < 1.29 is 28.8 Å². The van der Waals surface area contributed by atoms with E-state index in [1.807, 2.05) is 6.92 Å². The third-order valence-electron chi connectivity index (χ3n) is 8.51. The highest BCUT2D eigenvalue weighted by Crippen LogP contribution is 2.34. The van der Waals surface area contributed by atoms with Crippen molar-refractivity contribution in [3.63, 3.8) is 0 Å². The molecule has 42 heavy (non-hydrogen) atoms. The minimum atomic E-state index is -1.10. The third-order valence-corrected chi connectivity index (χ3v) is 8.51. The van der Waals surface area contributed by atoms with Crippen LogP contribution in [-0.2, 0) is 24.0 Å². The summed E-state index contributed by atoms with van der Waals surface area (Å²) >= 11 is 0. The summed E-state index contributed by atoms with van der Waals surface area (Å²) in [5, 5.41) is 8.01. The van der Waals surface area contributed by atoms with E-state index in [4.69, 9.17) is 5.73 Å². The number of carbonyl (C=O) groups excluding carboxylic acids is 6. The van der Waals surface area contributed by atoms with E-state index in [9.17, 15) is 28.8 Å². The molecule has 6 amide bonds. The van der Waals surface area contributed by atoms with Gasteiger partial charge in [0.2, 0.25) is 23.5 Å². The molecule has 4 atom stereocenters. The van der Waals surface area contributed by atoms with Crippen LogP contribution in [0.4, 0.5) is 4.79 Å². The molecule has 2 unspecified atom stereocenters. The van der Waals surface area contributed by atoms with Crippen molar-refractivity contribution in [3.8, 4) is 0 Å². The second-order valence-corrected chi connectivity index (χ2v) is 13.3. The van der Waals surface area contributed by atoms with Gasteiger partial charge in [0.05, 0.1) is 12.6 Å². The van der Waals surface area contributed by atoms with Crippen LogP contribution >= 0.6 is 0 Å². The SMILES string of the molecule is C[C@@H]1C[C@@H](C(=O)NC(CC2CC2)C(=O)C(N)=O)N(C(=O)C(NC(=O)NCC(=O)N2CC3=C(CCC=C3)C2)C(C)(C)C)C1. The first kappa shape index (κ1) is 31.2. The largest absolute Gasteiger partial charge is 0.363 e. The monoisotopic (exact) mass is 584 g/mol. The summed E-state index contributed by atoms with van der Waals surface area (Å²) in [5.41, 5.74) is 6.92. The van der Waals surface area contributed by atoms with Crippen LogP contribution in [0.25, 0.3) is 0 Å². The van der Waals surface area contributed by atoms with Gasteiger partial charge in [-0.15, -0.1) is 0 Å². The molecule has 2 fully saturated rings. The van der Waals surface area contributed by atoms with Gasteiger partial charge in [-0.25, -0.2) is 4.79 Å². The molecule has 2 heterocycles. The number of primary amides is 1. The van der Waals surface area contributed by atoms with E-state index in [0.29, 0.717) is 32.5 Å². The lowest BCUT2D eigenvalue weighted by Crippen LogP contribution is -2.60. The summed E-state index contributed by atoms with van der Waals surface area (Å²) in [6, 6.07) is -3.54. The summed E-state index contributed by atoms with van der Waals surface area (Å²) in [6.07, 6.45) is 8.62. The number of hydrogen-bond acceptors (Lipinski definition) is 6. The van der Waals surface area contributed by atoms with Crippen molar-refractivity contribution >= 4 is 35.4 Å². The highest BCUT2D eigenvalue weighted by atomic mass is 16.2. The van der Waals surface area contributed by atoms with Gasteiger partial charge in [-0.1, -0.05) is 52.7 Å². The average molecular weight is 585 g/mol. The molecule has 1 saturated heterocycles. The summed E-state index contributed by atoms with van der Waals surface area (Å²) in [4.78, 5) is 80.1. The Kier molecular flexibility index (Phi) is 9.42. The number of ketones is 1. The van der Waals surface area contributed by atoms with Crippen molar-refractivity contribution in [1.29, 1.82) is 0 Å². The van der Waals surface area contributed by atoms with Gasteiger partial charge in [-0.05, 0) is 54.1 Å². The Morgan fingerprint density at radius 2 is 1.79 bits per heavy atom. The summed E-state index contributed by atoms with van der Waals surface area (Å²) < 4.78 is 0. The molecule has 0 aromatic heterocycles. The maximum Gasteiger partial charge on any atom is 0.315 e. The van der Waals surface area contributed by atoms with Gasteiger partial charge in [0, 0.05) is 19.6 Å². The van der Waals surface area contributed by atoms with Crippen LogP contribution in [0.3, 0.4) is 0 Å². The highest BCUT2D eigenvalue weighted by molar-refractivity contribution is 6.37. The zero-order valence-electron chi connectivity index (χ0n) is 25.0. The lowest BCUT2D eigenvalue weighted by Gasteiger charge is -2.35. The number of Topliss-reactive ketones (excluding diaryl/α,β-unsaturated/α-hetero) is 1. The second kappa shape index (κ2) is 12.7. The van der Waals surface area contributed by atoms with Crippen molar-refractivity contribution in [2.45, 2.75) is 84.3 Å². The number of carbonyl (C=O) groups is 6. The minimum Gasteiger partial charge on any atom is -0.363 e. The molecule has 4 aliphatic rings. The fraction of sp³-hybridized carbons (Fsp3) is 0.667. The molecule has 0 aromatic rings. The molecular weight excluding hydrogens is 540 g/mol. The van der Waals surface area contributed by atoms with E-state index >= 15 is 0 Å². The number of nitrogens with one attached hydrogen (secondary N) is 3. The van der Waals surface area contributed by atoms with Crippen LogP contribution in [-0.4, -0.2) is 89.5 Å². The Labute approximate surface area is 246 Å². The number of nitrogens with zero attached hydrogens (tertiary/aromatic N) is 2. The molecule has 4 rings (SSSR count). The maximum atomic E-state index is 13.9.